The number of nitro benzene ring substituents is 1. The number of hydrogen-bond acceptors (Lipinski definition) is 9. The van der Waals surface area contributed by atoms with Gasteiger partial charge in [0.1, 0.15) is 17.3 Å². The largest absolute Gasteiger partial charge is 0.462 e. The molecule has 122 valence electrons. The molecule has 0 aliphatic heterocycles. The molecule has 0 saturated carbocycles. The summed E-state index contributed by atoms with van der Waals surface area (Å²) in [5.74, 6) is -0.622. The maximum Gasteiger partial charge on any atom is 0.338 e. The topological polar surface area (TPSA) is 160 Å². The third-order valence-electron chi connectivity index (χ3n) is 2.78. The van der Waals surface area contributed by atoms with Gasteiger partial charge in [-0.1, -0.05) is 0 Å². The van der Waals surface area contributed by atoms with Crippen molar-refractivity contribution in [3.05, 3.63) is 45.9 Å². The van der Waals surface area contributed by atoms with Gasteiger partial charge in [-0.15, -0.1) is 10.2 Å². The van der Waals surface area contributed by atoms with Crippen LogP contribution in [-0.2, 0) is 4.74 Å². The van der Waals surface area contributed by atoms with E-state index in [0.29, 0.717) is 0 Å². The quantitative estimate of drug-likeness (QED) is 0.344. The van der Waals surface area contributed by atoms with Crippen LogP contribution in [0.1, 0.15) is 23.1 Å². The molecule has 2 aromatic rings. The van der Waals surface area contributed by atoms with Crippen LogP contribution in [0.3, 0.4) is 0 Å². The lowest BCUT2D eigenvalue weighted by Gasteiger charge is -2.06. The van der Waals surface area contributed by atoms with Crippen molar-refractivity contribution in [1.82, 2.24) is 20.6 Å². The highest BCUT2D eigenvalue weighted by Gasteiger charge is 2.18. The van der Waals surface area contributed by atoms with Crippen LogP contribution in [0, 0.1) is 21.4 Å². The van der Waals surface area contributed by atoms with Gasteiger partial charge in [0.15, 0.2) is 0 Å². The number of nitriles is 1. The van der Waals surface area contributed by atoms with Gasteiger partial charge < -0.3 is 10.1 Å². The molecule has 11 heteroatoms. The molecule has 0 amide bonds. The minimum atomic E-state index is -0.660. The van der Waals surface area contributed by atoms with E-state index in [2.05, 4.69) is 25.9 Å². The molecule has 11 nitrogen and oxygen atoms in total. The number of benzene rings is 1. The van der Waals surface area contributed by atoms with Crippen molar-refractivity contribution >= 4 is 22.9 Å². The zero-order valence-corrected chi connectivity index (χ0v) is 12.4. The monoisotopic (exact) mass is 329 g/mol. The number of aromatic nitrogens is 4. The number of hydrogen-bond donors (Lipinski definition) is 2. The number of nitro groups is 1. The number of carbonyl (C=O) groups is 1. The maximum absolute atomic E-state index is 11.7. The molecule has 1 heterocycles. The summed E-state index contributed by atoms with van der Waals surface area (Å²) in [4.78, 5) is 22.2. The summed E-state index contributed by atoms with van der Waals surface area (Å²) in [5.41, 5.74) is -0.184. The number of aromatic amines is 1. The van der Waals surface area contributed by atoms with E-state index in [9.17, 15) is 14.9 Å². The maximum atomic E-state index is 11.7. The van der Waals surface area contributed by atoms with Crippen molar-refractivity contribution in [1.29, 1.82) is 5.26 Å². The molecule has 0 bridgehead atoms. The molecule has 0 saturated heterocycles. The van der Waals surface area contributed by atoms with Crippen molar-refractivity contribution in [3.63, 3.8) is 0 Å². The van der Waals surface area contributed by atoms with Gasteiger partial charge in [-0.2, -0.15) is 10.5 Å². The zero-order chi connectivity index (χ0) is 17.5. The van der Waals surface area contributed by atoms with Crippen molar-refractivity contribution in [2.75, 3.05) is 11.9 Å². The fraction of sp³-hybridized carbons (Fsp3) is 0.154. The normalized spacial score (nSPS) is 10.8. The Morgan fingerprint density at radius 2 is 2.38 bits per heavy atom. The Hall–Kier alpha value is -3.81. The predicted octanol–water partition coefficient (Wildman–Crippen LogP) is 1.26. The molecule has 0 spiro atoms. The molecular weight excluding hydrogens is 318 g/mol. The number of esters is 1. The summed E-state index contributed by atoms with van der Waals surface area (Å²) in [6, 6.07) is 5.65. The molecule has 0 fully saturated rings. The number of nitrogens with zero attached hydrogens (tertiary/aromatic N) is 5. The van der Waals surface area contributed by atoms with Crippen LogP contribution in [0.4, 0.5) is 11.4 Å². The highest BCUT2D eigenvalue weighted by molar-refractivity contribution is 5.91. The number of rotatable bonds is 6. The fourth-order valence-electron chi connectivity index (χ4n) is 1.72. The number of allylic oxidation sites excluding steroid dienone is 1. The standard InChI is InChI=1S/C13H11N7O4/c1-2-24-13(21)8-3-4-10(11(5-8)20(22)23)15-7-9(6-14)12-16-18-19-17-12/h3-5,7,15H,2H2,1H3,(H,16,17,18,19). The first-order valence-corrected chi connectivity index (χ1v) is 6.63. The van der Waals surface area contributed by atoms with E-state index in [4.69, 9.17) is 10.00 Å². The molecule has 1 aromatic carbocycles. The molecule has 24 heavy (non-hydrogen) atoms. The summed E-state index contributed by atoms with van der Waals surface area (Å²) in [7, 11) is 0. The number of carbonyl (C=O) groups excluding carboxylic acids is 1. The third-order valence-corrected chi connectivity index (χ3v) is 2.78. The van der Waals surface area contributed by atoms with Crippen LogP contribution in [0.25, 0.3) is 5.57 Å². The second-order valence-electron chi connectivity index (χ2n) is 4.26. The highest BCUT2D eigenvalue weighted by atomic mass is 16.6. The van der Waals surface area contributed by atoms with Gasteiger partial charge in [-0.25, -0.2) is 4.79 Å². The van der Waals surface area contributed by atoms with Gasteiger partial charge in [0, 0.05) is 12.3 Å². The molecule has 0 radical (unpaired) electrons. The molecule has 0 aliphatic rings. The summed E-state index contributed by atoms with van der Waals surface area (Å²) < 4.78 is 4.80. The van der Waals surface area contributed by atoms with Gasteiger partial charge in [0.05, 0.1) is 17.1 Å². The Bertz CT molecular complexity index is 823. The Labute approximate surface area is 135 Å². The van der Waals surface area contributed by atoms with Crippen molar-refractivity contribution < 1.29 is 14.5 Å². The van der Waals surface area contributed by atoms with E-state index >= 15 is 0 Å². The minimum Gasteiger partial charge on any atom is -0.462 e. The Kier molecular flexibility index (Phi) is 5.14. The van der Waals surface area contributed by atoms with Crippen LogP contribution in [0.2, 0.25) is 0 Å². The Morgan fingerprint density at radius 1 is 1.58 bits per heavy atom. The predicted molar refractivity (Wildman–Crippen MR) is 80.4 cm³/mol. The first kappa shape index (κ1) is 16.6. The number of anilines is 1. The van der Waals surface area contributed by atoms with Crippen LogP contribution in [0.15, 0.2) is 24.4 Å². The SMILES string of the molecule is CCOC(=O)c1ccc(NC=C(C#N)c2nn[nH]n2)c([N+](=O)[O-])c1. The average molecular weight is 329 g/mol. The molecule has 0 aliphatic carbocycles. The van der Waals surface area contributed by atoms with Crippen molar-refractivity contribution in [2.24, 2.45) is 0 Å². The average Bonchev–Trinajstić information content (AvgIpc) is 3.10. The summed E-state index contributed by atoms with van der Waals surface area (Å²) in [6.07, 6.45) is 1.21. The molecular formula is C13H11N7O4. The van der Waals surface area contributed by atoms with E-state index in [1.807, 2.05) is 6.07 Å². The number of ether oxygens (including phenoxy) is 1. The van der Waals surface area contributed by atoms with E-state index in [1.165, 1.54) is 18.3 Å². The highest BCUT2D eigenvalue weighted by Crippen LogP contribution is 2.26. The lowest BCUT2D eigenvalue weighted by molar-refractivity contribution is -0.384. The molecule has 2 N–H and O–H groups in total. The van der Waals surface area contributed by atoms with Crippen LogP contribution in [-0.4, -0.2) is 38.1 Å². The number of nitrogens with one attached hydrogen (secondary N) is 2. The first-order chi connectivity index (χ1) is 11.6. The molecule has 0 unspecified atom stereocenters. The summed E-state index contributed by atoms with van der Waals surface area (Å²) >= 11 is 0. The lowest BCUT2D eigenvalue weighted by atomic mass is 10.1. The number of H-pyrrole nitrogens is 1. The number of tetrazole rings is 1. The lowest BCUT2D eigenvalue weighted by Crippen LogP contribution is -2.06. The Balaban J connectivity index is 2.31. The van der Waals surface area contributed by atoms with E-state index < -0.39 is 10.9 Å². The smallest absolute Gasteiger partial charge is 0.338 e. The summed E-state index contributed by atoms with van der Waals surface area (Å²) in [5, 5.41) is 35.7. The molecule has 1 aromatic heterocycles. The molecule has 2 rings (SSSR count). The first-order valence-electron chi connectivity index (χ1n) is 6.63. The second-order valence-corrected chi connectivity index (χ2v) is 4.26. The van der Waals surface area contributed by atoms with Crippen LogP contribution < -0.4 is 5.32 Å². The minimum absolute atomic E-state index is 0.0208. The second kappa shape index (κ2) is 7.45. The molecule has 0 atom stereocenters. The third kappa shape index (κ3) is 3.69. The van der Waals surface area contributed by atoms with Gasteiger partial charge in [0.2, 0.25) is 5.82 Å². The fourth-order valence-corrected chi connectivity index (χ4v) is 1.72. The van der Waals surface area contributed by atoms with Crippen LogP contribution in [0.5, 0.6) is 0 Å². The zero-order valence-electron chi connectivity index (χ0n) is 12.4. The van der Waals surface area contributed by atoms with Gasteiger partial charge >= 0.3 is 5.97 Å². The van der Waals surface area contributed by atoms with E-state index in [-0.39, 0.29) is 34.9 Å². The summed E-state index contributed by atoms with van der Waals surface area (Å²) in [6.45, 7) is 1.79. The van der Waals surface area contributed by atoms with Crippen molar-refractivity contribution in [2.45, 2.75) is 6.92 Å². The van der Waals surface area contributed by atoms with E-state index in [1.54, 1.807) is 6.92 Å². The Morgan fingerprint density at radius 3 is 2.96 bits per heavy atom. The van der Waals surface area contributed by atoms with Crippen LogP contribution >= 0.6 is 0 Å². The van der Waals surface area contributed by atoms with Gasteiger partial charge in [-0.05, 0) is 24.3 Å². The van der Waals surface area contributed by atoms with E-state index in [0.717, 1.165) is 6.07 Å². The van der Waals surface area contributed by atoms with Crippen molar-refractivity contribution in [3.8, 4) is 6.07 Å². The van der Waals surface area contributed by atoms with Gasteiger partial charge in [-0.3, -0.25) is 10.1 Å². The van der Waals surface area contributed by atoms with Gasteiger partial charge in [0.25, 0.3) is 5.69 Å².